The zero-order chi connectivity index (χ0) is 23.4. The summed E-state index contributed by atoms with van der Waals surface area (Å²) in [6, 6.07) is 13.8. The Balaban J connectivity index is 1.53. The van der Waals surface area contributed by atoms with Crippen LogP contribution in [0.25, 0.3) is 0 Å². The van der Waals surface area contributed by atoms with E-state index >= 15 is 0 Å². The molecule has 0 unspecified atom stereocenters. The van der Waals surface area contributed by atoms with Crippen LogP contribution in [0, 0.1) is 5.92 Å². The fraction of sp³-hybridized carbons (Fsp3) is 0.333. The van der Waals surface area contributed by atoms with Crippen molar-refractivity contribution in [1.82, 2.24) is 14.7 Å². The Morgan fingerprint density at radius 2 is 2.00 bits per heavy atom. The maximum absolute atomic E-state index is 12.6. The normalized spacial score (nSPS) is 13.7. The molecule has 33 heavy (non-hydrogen) atoms. The molecule has 1 aliphatic rings. The number of aromatic hydroxyl groups is 1. The molecule has 1 aromatic heterocycles. The van der Waals surface area contributed by atoms with Gasteiger partial charge in [-0.05, 0) is 73.2 Å². The second kappa shape index (κ2) is 9.76. The van der Waals surface area contributed by atoms with Crippen LogP contribution in [0.1, 0.15) is 32.3 Å². The number of phenolic OH excluding ortho intramolecular Hbond substituents is 1. The summed E-state index contributed by atoms with van der Waals surface area (Å²) in [5.74, 6) is 1.79. The van der Waals surface area contributed by atoms with Crippen molar-refractivity contribution in [2.45, 2.75) is 38.0 Å². The molecule has 0 spiro atoms. The number of sulfonamides is 1. The second-order valence-corrected chi connectivity index (χ2v) is 10.3. The average molecular weight is 468 g/mol. The van der Waals surface area contributed by atoms with Gasteiger partial charge in [0.25, 0.3) is 0 Å². The number of hydrogen-bond donors (Lipinski definition) is 3. The molecule has 3 aromatic rings. The lowest BCUT2D eigenvalue weighted by Crippen LogP contribution is -2.25. The molecule has 2 heterocycles. The lowest BCUT2D eigenvalue weighted by Gasteiger charge is -2.30. The molecule has 0 aliphatic carbocycles. The van der Waals surface area contributed by atoms with Gasteiger partial charge < -0.3 is 15.3 Å². The van der Waals surface area contributed by atoms with Crippen LogP contribution >= 0.6 is 0 Å². The summed E-state index contributed by atoms with van der Waals surface area (Å²) >= 11 is 0. The van der Waals surface area contributed by atoms with Crippen LogP contribution in [-0.4, -0.2) is 36.6 Å². The van der Waals surface area contributed by atoms with Crippen LogP contribution in [0.15, 0.2) is 59.6 Å². The van der Waals surface area contributed by atoms with Crippen molar-refractivity contribution in [3.8, 4) is 5.75 Å². The van der Waals surface area contributed by atoms with Crippen LogP contribution < -0.4 is 14.9 Å². The first kappa shape index (κ1) is 23.0. The lowest BCUT2D eigenvalue weighted by molar-refractivity contribution is 0.474. The minimum absolute atomic E-state index is 0.192. The molecule has 0 bridgehead atoms. The van der Waals surface area contributed by atoms with E-state index in [4.69, 9.17) is 0 Å². The molecule has 1 aliphatic heterocycles. The van der Waals surface area contributed by atoms with E-state index in [1.165, 1.54) is 0 Å². The van der Waals surface area contributed by atoms with Crippen LogP contribution in [-0.2, 0) is 16.4 Å². The van der Waals surface area contributed by atoms with Crippen molar-refractivity contribution in [3.05, 3.63) is 60.3 Å². The molecule has 174 valence electrons. The number of anilines is 4. The Labute approximate surface area is 194 Å². The number of aromatic nitrogens is 2. The highest BCUT2D eigenvalue weighted by Gasteiger charge is 2.20. The van der Waals surface area contributed by atoms with Gasteiger partial charge in [-0.3, -0.25) is 0 Å². The van der Waals surface area contributed by atoms with E-state index in [-0.39, 0.29) is 10.6 Å². The molecular weight excluding hydrogens is 438 g/mol. The van der Waals surface area contributed by atoms with E-state index in [0.717, 1.165) is 42.9 Å². The summed E-state index contributed by atoms with van der Waals surface area (Å²) < 4.78 is 27.9. The number of phenols is 1. The first-order chi connectivity index (χ1) is 15.8. The van der Waals surface area contributed by atoms with Gasteiger partial charge in [-0.25, -0.2) is 18.1 Å². The Bertz CT molecular complexity index is 1230. The molecule has 9 heteroatoms. The zero-order valence-corrected chi connectivity index (χ0v) is 19.6. The fourth-order valence-corrected chi connectivity index (χ4v) is 4.91. The predicted octanol–water partition coefficient (Wildman–Crippen LogP) is 4.33. The first-order valence-corrected chi connectivity index (χ1v) is 12.6. The zero-order valence-electron chi connectivity index (χ0n) is 18.8. The van der Waals surface area contributed by atoms with Crippen LogP contribution in [0.2, 0.25) is 0 Å². The minimum atomic E-state index is -3.59. The van der Waals surface area contributed by atoms with Crippen LogP contribution in [0.3, 0.4) is 0 Å². The fourth-order valence-electron chi connectivity index (χ4n) is 3.82. The van der Waals surface area contributed by atoms with Crippen molar-refractivity contribution >= 4 is 33.2 Å². The number of fused-ring (bicyclic) bond motifs is 1. The number of nitrogens with zero attached hydrogens (tertiary/aromatic N) is 3. The van der Waals surface area contributed by atoms with Crippen molar-refractivity contribution < 1.29 is 13.5 Å². The van der Waals surface area contributed by atoms with E-state index in [1.807, 2.05) is 12.1 Å². The van der Waals surface area contributed by atoms with Gasteiger partial charge in [0.1, 0.15) is 11.6 Å². The Kier molecular flexibility index (Phi) is 6.80. The predicted molar refractivity (Wildman–Crippen MR) is 130 cm³/mol. The summed E-state index contributed by atoms with van der Waals surface area (Å²) in [4.78, 5) is 11.3. The minimum Gasteiger partial charge on any atom is -0.508 e. The van der Waals surface area contributed by atoms with Gasteiger partial charge in [-0.1, -0.05) is 19.9 Å². The van der Waals surface area contributed by atoms with E-state index < -0.39 is 10.0 Å². The number of benzene rings is 2. The molecule has 0 saturated carbocycles. The third kappa shape index (κ3) is 5.61. The molecule has 0 amide bonds. The van der Waals surface area contributed by atoms with Gasteiger partial charge in [-0.2, -0.15) is 4.98 Å². The Morgan fingerprint density at radius 1 is 1.15 bits per heavy atom. The molecule has 0 saturated heterocycles. The van der Waals surface area contributed by atoms with E-state index in [9.17, 15) is 13.5 Å². The van der Waals surface area contributed by atoms with Crippen molar-refractivity contribution in [2.24, 2.45) is 5.92 Å². The van der Waals surface area contributed by atoms with Crippen molar-refractivity contribution in [1.29, 1.82) is 0 Å². The maximum Gasteiger partial charge on any atom is 0.240 e. The molecule has 0 radical (unpaired) electrons. The highest BCUT2D eigenvalue weighted by atomic mass is 32.2. The molecule has 0 atom stereocenters. The monoisotopic (exact) mass is 467 g/mol. The van der Waals surface area contributed by atoms with Gasteiger partial charge in [0.2, 0.25) is 16.0 Å². The smallest absolute Gasteiger partial charge is 0.240 e. The average Bonchev–Trinajstić information content (AvgIpc) is 2.78. The molecule has 2 aromatic carbocycles. The van der Waals surface area contributed by atoms with E-state index in [1.54, 1.807) is 42.6 Å². The largest absolute Gasteiger partial charge is 0.508 e. The highest BCUT2D eigenvalue weighted by molar-refractivity contribution is 7.89. The third-order valence-electron chi connectivity index (χ3n) is 5.51. The van der Waals surface area contributed by atoms with Gasteiger partial charge in [0.05, 0.1) is 4.90 Å². The molecule has 0 fully saturated rings. The summed E-state index contributed by atoms with van der Waals surface area (Å²) in [7, 11) is -3.59. The molecule has 3 N–H and O–H groups in total. The summed E-state index contributed by atoms with van der Waals surface area (Å²) in [6.07, 6.45) is 4.31. The number of hydrogen-bond acceptors (Lipinski definition) is 7. The molecule has 4 rings (SSSR count). The lowest BCUT2D eigenvalue weighted by atomic mass is 10.0. The van der Waals surface area contributed by atoms with Gasteiger partial charge in [-0.15, -0.1) is 0 Å². The Hall–Kier alpha value is -3.17. The summed E-state index contributed by atoms with van der Waals surface area (Å²) in [5.41, 5.74) is 2.68. The van der Waals surface area contributed by atoms with Gasteiger partial charge >= 0.3 is 0 Å². The maximum atomic E-state index is 12.6. The van der Waals surface area contributed by atoms with E-state index in [2.05, 4.69) is 38.8 Å². The third-order valence-corrected chi connectivity index (χ3v) is 6.97. The SMILES string of the molecule is CC(C)CCNS(=O)(=O)c1cccc(Nc2nccc(N3CCCc4cc(O)ccc43)n2)c1. The number of aryl methyl sites for hydroxylation is 1. The topological polar surface area (TPSA) is 107 Å². The van der Waals surface area contributed by atoms with E-state index in [0.29, 0.717) is 24.1 Å². The second-order valence-electron chi connectivity index (χ2n) is 8.54. The first-order valence-electron chi connectivity index (χ1n) is 11.1. The van der Waals surface area contributed by atoms with Crippen molar-refractivity contribution in [2.75, 3.05) is 23.3 Å². The van der Waals surface area contributed by atoms with Gasteiger partial charge in [0, 0.05) is 30.7 Å². The standard InChI is InChI=1S/C24H29N5O3S/c1-17(2)10-13-26-33(31,32)21-7-3-6-19(16-21)27-24-25-12-11-23(28-24)29-14-4-5-18-15-20(30)8-9-22(18)29/h3,6-9,11-12,15-17,26,30H,4-5,10,13-14H2,1-2H3,(H,25,27,28). The van der Waals surface area contributed by atoms with Gasteiger partial charge in [0.15, 0.2) is 0 Å². The number of rotatable bonds is 8. The number of nitrogens with one attached hydrogen (secondary N) is 2. The quantitative estimate of drug-likeness (QED) is 0.452. The molecular formula is C24H29N5O3S. The van der Waals surface area contributed by atoms with Crippen molar-refractivity contribution in [3.63, 3.8) is 0 Å². The molecule has 8 nitrogen and oxygen atoms in total. The van der Waals surface area contributed by atoms with Crippen LogP contribution in [0.4, 0.5) is 23.1 Å². The van der Waals surface area contributed by atoms with Crippen LogP contribution in [0.5, 0.6) is 5.75 Å². The Morgan fingerprint density at radius 3 is 2.82 bits per heavy atom. The summed E-state index contributed by atoms with van der Waals surface area (Å²) in [5, 5.41) is 12.9. The summed E-state index contributed by atoms with van der Waals surface area (Å²) in [6.45, 7) is 5.32. The highest BCUT2D eigenvalue weighted by Crippen LogP contribution is 2.34.